The van der Waals surface area contributed by atoms with E-state index in [-0.39, 0.29) is 46.0 Å². The van der Waals surface area contributed by atoms with Crippen LogP contribution in [0.5, 0.6) is 0 Å². The molecule has 0 aliphatic heterocycles. The summed E-state index contributed by atoms with van der Waals surface area (Å²) in [6, 6.07) is 11.0. The van der Waals surface area contributed by atoms with Crippen molar-refractivity contribution >= 4 is 21.2 Å². The minimum absolute atomic E-state index is 0. The molecule has 0 atom stereocenters. The Balaban J connectivity index is 0.00000200. The third-order valence-electron chi connectivity index (χ3n) is 2.52. The first kappa shape index (κ1) is 18.8. The van der Waals surface area contributed by atoms with E-state index in [1.54, 1.807) is 0 Å². The molecular formula is C12H8Cl2N4O2S. The zero-order valence-electron chi connectivity index (χ0n) is 10.4. The number of hydrogen-bond donors (Lipinski definition) is 0. The van der Waals surface area contributed by atoms with E-state index >= 15 is 0 Å². The lowest BCUT2D eigenvalue weighted by Gasteiger charge is -2.02. The topological polar surface area (TPSA) is 90.4 Å². The third-order valence-corrected chi connectivity index (χ3v) is 4.31. The number of rotatable bonds is 2. The molecule has 2 aromatic rings. The Bertz CT molecular complexity index is 728. The fraction of sp³-hybridized carbons (Fsp3) is 0. The third kappa shape index (κ3) is 3.89. The Hall–Kier alpha value is -2.19. The average molecular weight is 343 g/mol. The number of hydrogen-bond acceptors (Lipinski definition) is 4. The quantitative estimate of drug-likeness (QED) is 0.564. The van der Waals surface area contributed by atoms with E-state index < -0.39 is 9.84 Å². The minimum atomic E-state index is -3.64. The Kier molecular flexibility index (Phi) is 6.77. The van der Waals surface area contributed by atoms with Gasteiger partial charge in [-0.15, -0.1) is 0 Å². The highest BCUT2D eigenvalue weighted by Crippen LogP contribution is 2.24. The monoisotopic (exact) mass is 342 g/mol. The van der Waals surface area contributed by atoms with Crippen molar-refractivity contribution in [3.8, 4) is 0 Å². The van der Waals surface area contributed by atoms with Gasteiger partial charge in [-0.2, -0.15) is 0 Å². The summed E-state index contributed by atoms with van der Waals surface area (Å²) in [6.45, 7) is 0. The van der Waals surface area contributed by atoms with Crippen LogP contribution >= 0.6 is 0 Å². The standard InChI is InChI=1S/C12H8N4O2S.2ClH/c13-15-9-1-5-11(6-2-9)19(17,18)12-7-3-10(16-14)4-8-12;;/h1-8H;2*1H/q+2;;/p-2. The second kappa shape index (κ2) is 7.55. The van der Waals surface area contributed by atoms with Crippen molar-refractivity contribution in [2.75, 3.05) is 0 Å². The summed E-state index contributed by atoms with van der Waals surface area (Å²) in [5.74, 6) is 0. The highest BCUT2D eigenvalue weighted by Gasteiger charge is 2.19. The summed E-state index contributed by atoms with van der Waals surface area (Å²) in [6.07, 6.45) is 0. The zero-order chi connectivity index (χ0) is 13.9. The van der Waals surface area contributed by atoms with Crippen molar-refractivity contribution in [3.05, 3.63) is 58.5 Å². The van der Waals surface area contributed by atoms with Gasteiger partial charge in [-0.1, -0.05) is 0 Å². The predicted octanol–water partition coefficient (Wildman–Crippen LogP) is -2.50. The predicted molar refractivity (Wildman–Crippen MR) is 67.8 cm³/mol. The molecule has 0 heterocycles. The summed E-state index contributed by atoms with van der Waals surface area (Å²) < 4.78 is 24.5. The molecule has 0 N–H and O–H groups in total. The molecule has 0 bridgehead atoms. The molecule has 0 aliphatic rings. The molecule has 2 rings (SSSR count). The van der Waals surface area contributed by atoms with Gasteiger partial charge < -0.3 is 24.8 Å². The van der Waals surface area contributed by atoms with Crippen LogP contribution < -0.4 is 24.8 Å². The van der Waals surface area contributed by atoms with Crippen molar-refractivity contribution < 1.29 is 33.2 Å². The second-order valence-electron chi connectivity index (χ2n) is 3.69. The van der Waals surface area contributed by atoms with Gasteiger partial charge in [0.2, 0.25) is 20.6 Å². The summed E-state index contributed by atoms with van der Waals surface area (Å²) in [5, 5.41) is 17.1. The lowest BCUT2D eigenvalue weighted by Crippen LogP contribution is -3.00. The first-order valence-corrected chi connectivity index (χ1v) is 6.71. The van der Waals surface area contributed by atoms with Gasteiger partial charge in [0.15, 0.2) is 9.95 Å². The van der Waals surface area contributed by atoms with E-state index in [0.29, 0.717) is 0 Å². The van der Waals surface area contributed by atoms with Crippen LogP contribution in [0.15, 0.2) is 58.3 Å². The maximum absolute atomic E-state index is 12.2. The Morgan fingerprint density at radius 1 is 0.667 bits per heavy atom. The zero-order valence-corrected chi connectivity index (χ0v) is 12.7. The first-order valence-electron chi connectivity index (χ1n) is 5.23. The van der Waals surface area contributed by atoms with E-state index in [0.717, 1.165) is 0 Å². The molecule has 108 valence electrons. The van der Waals surface area contributed by atoms with Gasteiger partial charge in [-0.25, -0.2) is 8.42 Å². The van der Waals surface area contributed by atoms with Crippen LogP contribution in [0.4, 0.5) is 11.4 Å². The maximum atomic E-state index is 12.2. The minimum Gasteiger partial charge on any atom is -1.00 e. The lowest BCUT2D eigenvalue weighted by molar-refractivity contribution is -0.00100. The molecule has 0 aromatic heterocycles. The van der Waals surface area contributed by atoms with E-state index in [9.17, 15) is 8.42 Å². The number of diazo groups is 2. The van der Waals surface area contributed by atoms with Gasteiger partial charge >= 0.3 is 11.4 Å². The van der Waals surface area contributed by atoms with Crippen molar-refractivity contribution in [3.63, 3.8) is 0 Å². The van der Waals surface area contributed by atoms with Crippen LogP contribution in [-0.2, 0) is 9.84 Å². The number of nitrogens with zero attached hydrogens (tertiary/aromatic N) is 4. The highest BCUT2D eigenvalue weighted by atomic mass is 35.5. The molecule has 0 saturated heterocycles. The van der Waals surface area contributed by atoms with E-state index in [1.165, 1.54) is 48.5 Å². The molecular weight excluding hydrogens is 335 g/mol. The van der Waals surface area contributed by atoms with Gasteiger partial charge in [0.05, 0.1) is 9.79 Å². The van der Waals surface area contributed by atoms with Crippen molar-refractivity contribution in [1.82, 2.24) is 0 Å². The largest absolute Gasteiger partial charge is 1.00 e. The molecule has 0 unspecified atom stereocenters. The molecule has 0 amide bonds. The molecule has 0 radical (unpaired) electrons. The fourth-order valence-corrected chi connectivity index (χ4v) is 2.78. The lowest BCUT2D eigenvalue weighted by atomic mass is 10.3. The number of benzene rings is 2. The van der Waals surface area contributed by atoms with E-state index in [2.05, 4.69) is 9.95 Å². The van der Waals surface area contributed by atoms with Crippen LogP contribution in [0.3, 0.4) is 0 Å². The highest BCUT2D eigenvalue weighted by molar-refractivity contribution is 7.91. The molecule has 21 heavy (non-hydrogen) atoms. The smallest absolute Gasteiger partial charge is 0.385 e. The van der Waals surface area contributed by atoms with E-state index in [4.69, 9.17) is 10.8 Å². The van der Waals surface area contributed by atoms with Gasteiger partial charge in [-0.3, -0.25) is 0 Å². The van der Waals surface area contributed by atoms with Crippen molar-refractivity contribution in [1.29, 1.82) is 10.8 Å². The van der Waals surface area contributed by atoms with Gasteiger partial charge in [0, 0.05) is 24.3 Å². The molecule has 0 saturated carbocycles. The van der Waals surface area contributed by atoms with Crippen molar-refractivity contribution in [2.45, 2.75) is 9.79 Å². The van der Waals surface area contributed by atoms with Crippen LogP contribution in [0.2, 0.25) is 0 Å². The normalized spacial score (nSPS) is 9.43. The van der Waals surface area contributed by atoms with Crippen LogP contribution in [0.25, 0.3) is 9.95 Å². The van der Waals surface area contributed by atoms with Crippen molar-refractivity contribution in [2.24, 2.45) is 0 Å². The van der Waals surface area contributed by atoms with Crippen LogP contribution in [0, 0.1) is 10.8 Å². The van der Waals surface area contributed by atoms with Gasteiger partial charge in [0.25, 0.3) is 0 Å². The van der Waals surface area contributed by atoms with E-state index in [1.807, 2.05) is 0 Å². The molecule has 6 nitrogen and oxygen atoms in total. The van der Waals surface area contributed by atoms with Gasteiger partial charge in [0.1, 0.15) is 0 Å². The summed E-state index contributed by atoms with van der Waals surface area (Å²) in [4.78, 5) is 6.09. The summed E-state index contributed by atoms with van der Waals surface area (Å²) in [5.41, 5.74) is 0.543. The molecule has 2 aromatic carbocycles. The fourth-order valence-electron chi connectivity index (χ4n) is 1.52. The average Bonchev–Trinajstić information content (AvgIpc) is 2.47. The number of sulfone groups is 1. The number of halogens is 2. The molecule has 0 fully saturated rings. The van der Waals surface area contributed by atoms with Crippen LogP contribution in [-0.4, -0.2) is 8.42 Å². The van der Waals surface area contributed by atoms with Crippen LogP contribution in [0.1, 0.15) is 0 Å². The Labute approximate surface area is 133 Å². The SMILES string of the molecule is N#[N+]c1ccc(S(=O)(=O)c2ccc([N+]#N)cc2)cc1.[Cl-].[Cl-]. The Morgan fingerprint density at radius 2 is 0.952 bits per heavy atom. The molecule has 9 heteroatoms. The Morgan fingerprint density at radius 3 is 1.19 bits per heavy atom. The van der Waals surface area contributed by atoms with Gasteiger partial charge in [-0.05, 0) is 24.3 Å². The maximum Gasteiger partial charge on any atom is 0.385 e. The summed E-state index contributed by atoms with van der Waals surface area (Å²) >= 11 is 0. The second-order valence-corrected chi connectivity index (χ2v) is 5.64. The molecule has 0 aliphatic carbocycles. The molecule has 0 spiro atoms. The summed E-state index contributed by atoms with van der Waals surface area (Å²) in [7, 11) is -3.64. The first-order chi connectivity index (χ1) is 9.07.